The monoisotopic (exact) mass is 515 g/mol. The molecule has 1 aromatic carbocycles. The van der Waals surface area contributed by atoms with Gasteiger partial charge in [0.25, 0.3) is 0 Å². The number of guanidine groups is 1. The topological polar surface area (TPSA) is 72.7 Å². The van der Waals surface area contributed by atoms with E-state index in [4.69, 9.17) is 9.47 Å². The highest BCUT2D eigenvalue weighted by Crippen LogP contribution is 2.28. The minimum Gasteiger partial charge on any atom is -0.493 e. The van der Waals surface area contributed by atoms with Gasteiger partial charge in [0.2, 0.25) is 0 Å². The van der Waals surface area contributed by atoms with Gasteiger partial charge in [0.1, 0.15) is 0 Å². The van der Waals surface area contributed by atoms with E-state index in [9.17, 15) is 0 Å². The molecule has 0 radical (unpaired) electrons. The summed E-state index contributed by atoms with van der Waals surface area (Å²) >= 11 is 0. The van der Waals surface area contributed by atoms with Gasteiger partial charge >= 0.3 is 0 Å². The molecule has 2 N–H and O–H groups in total. The second-order valence-electron chi connectivity index (χ2n) is 6.33. The van der Waals surface area contributed by atoms with Gasteiger partial charge in [-0.05, 0) is 56.9 Å². The summed E-state index contributed by atoms with van der Waals surface area (Å²) in [7, 11) is 1.66. The lowest BCUT2D eigenvalue weighted by molar-refractivity contribution is 0.310. The number of aromatic nitrogens is 2. The summed E-state index contributed by atoms with van der Waals surface area (Å²) in [5.74, 6) is 2.45. The van der Waals surface area contributed by atoms with Crippen LogP contribution in [0.25, 0.3) is 0 Å². The van der Waals surface area contributed by atoms with Crippen molar-refractivity contribution >= 4 is 29.9 Å². The van der Waals surface area contributed by atoms with Crippen LogP contribution in [0.5, 0.6) is 11.5 Å². The highest BCUT2D eigenvalue weighted by atomic mass is 127. The van der Waals surface area contributed by atoms with Crippen LogP contribution in [0.1, 0.15) is 32.3 Å². The Morgan fingerprint density at radius 1 is 1.17 bits per heavy atom. The molecule has 0 fully saturated rings. The smallest absolute Gasteiger partial charge is 0.191 e. The fourth-order valence-corrected chi connectivity index (χ4v) is 2.84. The predicted molar refractivity (Wildman–Crippen MR) is 129 cm³/mol. The second-order valence-corrected chi connectivity index (χ2v) is 6.33. The lowest BCUT2D eigenvalue weighted by Crippen LogP contribution is -2.38. The molecular weight excluding hydrogens is 481 g/mol. The lowest BCUT2D eigenvalue weighted by atomic mass is 10.1. The van der Waals surface area contributed by atoms with E-state index >= 15 is 0 Å². The summed E-state index contributed by atoms with van der Waals surface area (Å²) in [6.07, 6.45) is 6.72. The third-order valence-electron chi connectivity index (χ3n) is 4.18. The van der Waals surface area contributed by atoms with Gasteiger partial charge in [-0.3, -0.25) is 9.67 Å². The molecule has 2 aromatic rings. The zero-order valence-electron chi connectivity index (χ0n) is 17.7. The number of ether oxygens (including phenoxy) is 2. The molecule has 0 atom stereocenters. The number of hydrogen-bond donors (Lipinski definition) is 2. The van der Waals surface area contributed by atoms with Crippen molar-refractivity contribution in [2.75, 3.05) is 33.4 Å². The minimum absolute atomic E-state index is 0. The fraction of sp³-hybridized carbons (Fsp3) is 0.524. The van der Waals surface area contributed by atoms with Crippen molar-refractivity contribution in [3.05, 3.63) is 42.2 Å². The first-order valence-corrected chi connectivity index (χ1v) is 10.1. The number of nitrogens with zero attached hydrogens (tertiary/aromatic N) is 3. The van der Waals surface area contributed by atoms with Crippen LogP contribution >= 0.6 is 24.0 Å². The van der Waals surface area contributed by atoms with Crippen LogP contribution < -0.4 is 20.1 Å². The number of nitrogens with one attached hydrogen (secondary N) is 2. The zero-order valence-corrected chi connectivity index (χ0v) is 20.0. The molecule has 0 aliphatic rings. The maximum atomic E-state index is 5.65. The van der Waals surface area contributed by atoms with Gasteiger partial charge in [-0.25, -0.2) is 0 Å². The predicted octanol–water partition coefficient (Wildman–Crippen LogP) is 3.49. The fourth-order valence-electron chi connectivity index (χ4n) is 2.84. The van der Waals surface area contributed by atoms with Crippen molar-refractivity contribution in [3.63, 3.8) is 0 Å². The van der Waals surface area contributed by atoms with E-state index in [2.05, 4.69) is 39.8 Å². The van der Waals surface area contributed by atoms with Gasteiger partial charge in [0.15, 0.2) is 17.5 Å². The summed E-state index contributed by atoms with van der Waals surface area (Å²) in [5.41, 5.74) is 1.24. The molecule has 0 bridgehead atoms. The molecule has 0 spiro atoms. The van der Waals surface area contributed by atoms with Crippen molar-refractivity contribution in [1.82, 2.24) is 20.4 Å². The van der Waals surface area contributed by atoms with Crippen LogP contribution in [0, 0.1) is 0 Å². The maximum absolute atomic E-state index is 5.65. The molecule has 0 amide bonds. The highest BCUT2D eigenvalue weighted by Gasteiger charge is 2.05. The van der Waals surface area contributed by atoms with Crippen molar-refractivity contribution in [1.29, 1.82) is 0 Å². The Hall–Kier alpha value is -1.97. The van der Waals surface area contributed by atoms with E-state index in [-0.39, 0.29) is 24.0 Å². The van der Waals surface area contributed by atoms with Crippen LogP contribution in [-0.4, -0.2) is 49.1 Å². The Kier molecular flexibility index (Phi) is 12.9. The average Bonchev–Trinajstić information content (AvgIpc) is 3.22. The van der Waals surface area contributed by atoms with Crippen molar-refractivity contribution in [2.24, 2.45) is 4.99 Å². The zero-order chi connectivity index (χ0) is 20.0. The third kappa shape index (κ3) is 9.38. The van der Waals surface area contributed by atoms with Crippen LogP contribution in [0.3, 0.4) is 0 Å². The Morgan fingerprint density at radius 2 is 2.03 bits per heavy atom. The highest BCUT2D eigenvalue weighted by molar-refractivity contribution is 14.0. The van der Waals surface area contributed by atoms with E-state index in [1.54, 1.807) is 13.3 Å². The number of hydrogen-bond acceptors (Lipinski definition) is 4. The Bertz CT molecular complexity index is 707. The summed E-state index contributed by atoms with van der Waals surface area (Å²) in [6, 6.07) is 8.07. The molecule has 162 valence electrons. The van der Waals surface area contributed by atoms with E-state index in [0.717, 1.165) is 62.9 Å². The first-order chi connectivity index (χ1) is 13.8. The van der Waals surface area contributed by atoms with Crippen molar-refractivity contribution in [3.8, 4) is 11.5 Å². The SMILES string of the molecule is CCNC(=NCCCn1cccn1)NCCCc1ccc(OC)c(OCC)c1.I. The second kappa shape index (κ2) is 14.9. The maximum Gasteiger partial charge on any atom is 0.191 e. The molecule has 1 heterocycles. The molecule has 0 aliphatic heterocycles. The summed E-state index contributed by atoms with van der Waals surface area (Å²) < 4.78 is 12.9. The normalized spacial score (nSPS) is 10.9. The summed E-state index contributed by atoms with van der Waals surface area (Å²) in [4.78, 5) is 4.64. The van der Waals surface area contributed by atoms with Gasteiger partial charge in [-0.1, -0.05) is 6.07 Å². The molecule has 7 nitrogen and oxygen atoms in total. The average molecular weight is 515 g/mol. The summed E-state index contributed by atoms with van der Waals surface area (Å²) in [5, 5.41) is 10.9. The lowest BCUT2D eigenvalue weighted by Gasteiger charge is -2.13. The van der Waals surface area contributed by atoms with Crippen LogP contribution in [-0.2, 0) is 13.0 Å². The summed E-state index contributed by atoms with van der Waals surface area (Å²) in [6.45, 7) is 8.05. The molecule has 29 heavy (non-hydrogen) atoms. The van der Waals surface area contributed by atoms with E-state index in [0.29, 0.717) is 6.61 Å². The molecule has 0 aliphatic carbocycles. The van der Waals surface area contributed by atoms with Crippen LogP contribution in [0.2, 0.25) is 0 Å². The number of aryl methyl sites for hydroxylation is 2. The molecule has 0 saturated carbocycles. The number of methoxy groups -OCH3 is 1. The van der Waals surface area contributed by atoms with E-state index in [1.807, 2.05) is 29.9 Å². The Balaban J connectivity index is 0.00000420. The number of halogens is 1. The van der Waals surface area contributed by atoms with Gasteiger partial charge in [0.05, 0.1) is 13.7 Å². The van der Waals surface area contributed by atoms with Gasteiger partial charge in [-0.2, -0.15) is 5.10 Å². The van der Waals surface area contributed by atoms with Gasteiger partial charge in [0, 0.05) is 38.6 Å². The third-order valence-corrected chi connectivity index (χ3v) is 4.18. The first kappa shape index (κ1) is 25.1. The Morgan fingerprint density at radius 3 is 2.72 bits per heavy atom. The van der Waals surface area contributed by atoms with Gasteiger partial charge < -0.3 is 20.1 Å². The number of benzene rings is 1. The minimum atomic E-state index is 0. The van der Waals surface area contributed by atoms with Crippen LogP contribution in [0.15, 0.2) is 41.7 Å². The van der Waals surface area contributed by atoms with E-state index < -0.39 is 0 Å². The Labute approximate surface area is 191 Å². The quantitative estimate of drug-likeness (QED) is 0.196. The molecule has 0 unspecified atom stereocenters. The first-order valence-electron chi connectivity index (χ1n) is 10.1. The molecule has 0 saturated heterocycles. The van der Waals surface area contributed by atoms with E-state index in [1.165, 1.54) is 5.56 Å². The van der Waals surface area contributed by atoms with Gasteiger partial charge in [-0.15, -0.1) is 24.0 Å². The van der Waals surface area contributed by atoms with Crippen molar-refractivity contribution in [2.45, 2.75) is 39.7 Å². The van der Waals surface area contributed by atoms with Crippen molar-refractivity contribution < 1.29 is 9.47 Å². The molecule has 8 heteroatoms. The number of aliphatic imine (C=N–C) groups is 1. The van der Waals surface area contributed by atoms with Crippen LogP contribution in [0.4, 0.5) is 0 Å². The molecule has 2 rings (SSSR count). The molecule has 1 aromatic heterocycles. The molecular formula is C21H34IN5O2. The standard InChI is InChI=1S/C21H33N5O2.HI/c1-4-22-21(24-13-7-15-26-16-8-14-25-26)23-12-6-9-18-10-11-19(27-3)20(17-18)28-5-2;/h8,10-11,14,16-17H,4-7,9,12-13,15H2,1-3H3,(H2,22,23,24);1H. The largest absolute Gasteiger partial charge is 0.493 e. The number of rotatable bonds is 12.